The molecule has 0 aromatic heterocycles. The van der Waals surface area contributed by atoms with Gasteiger partial charge in [0, 0.05) is 26.2 Å². The lowest BCUT2D eigenvalue weighted by molar-refractivity contribution is -0.142. The molecular formula is C14H21N3O3. The van der Waals surface area contributed by atoms with E-state index in [9.17, 15) is 9.59 Å². The Labute approximate surface area is 118 Å². The fraction of sp³-hybridized carbons (Fsp3) is 0.429. The Bertz CT molecular complexity index is 487. The van der Waals surface area contributed by atoms with Gasteiger partial charge in [0.1, 0.15) is 0 Å². The van der Waals surface area contributed by atoms with Crippen molar-refractivity contribution in [1.82, 2.24) is 5.32 Å². The first-order valence-corrected chi connectivity index (χ1v) is 6.46. The van der Waals surface area contributed by atoms with E-state index in [1.807, 2.05) is 19.0 Å². The van der Waals surface area contributed by atoms with Gasteiger partial charge in [-0.1, -0.05) is 0 Å². The maximum absolute atomic E-state index is 11.9. The van der Waals surface area contributed by atoms with Crippen LogP contribution < -0.4 is 16.0 Å². The minimum Gasteiger partial charge on any atom is -0.466 e. The van der Waals surface area contributed by atoms with E-state index in [0.29, 0.717) is 17.9 Å². The van der Waals surface area contributed by atoms with E-state index in [4.69, 9.17) is 10.5 Å². The van der Waals surface area contributed by atoms with E-state index in [-0.39, 0.29) is 24.8 Å². The molecule has 0 radical (unpaired) electrons. The van der Waals surface area contributed by atoms with Crippen molar-refractivity contribution in [3.05, 3.63) is 23.8 Å². The number of hydrogen-bond acceptors (Lipinski definition) is 5. The second kappa shape index (κ2) is 7.37. The molecule has 0 aliphatic rings. The average molecular weight is 279 g/mol. The first-order valence-electron chi connectivity index (χ1n) is 6.46. The number of amides is 1. The van der Waals surface area contributed by atoms with Crippen LogP contribution in [0.2, 0.25) is 0 Å². The van der Waals surface area contributed by atoms with Crippen LogP contribution in [0, 0.1) is 0 Å². The number of ether oxygens (including phenoxy) is 1. The molecule has 110 valence electrons. The van der Waals surface area contributed by atoms with Crippen LogP contribution in [0.4, 0.5) is 11.4 Å². The first kappa shape index (κ1) is 15.8. The Balaban J connectivity index is 2.56. The normalized spacial score (nSPS) is 9.95. The summed E-state index contributed by atoms with van der Waals surface area (Å²) in [5.74, 6) is -0.582. The standard InChI is InChI=1S/C14H21N3O3/c1-4-20-13(18)7-8-16-14(19)10-5-6-12(17(2)3)11(15)9-10/h5-6,9H,4,7-8,15H2,1-3H3,(H,16,19). The number of nitrogen functional groups attached to an aromatic ring is 1. The number of anilines is 2. The SMILES string of the molecule is CCOC(=O)CCNC(=O)c1ccc(N(C)C)c(N)c1. The van der Waals surface area contributed by atoms with Crippen LogP contribution in [0.3, 0.4) is 0 Å². The van der Waals surface area contributed by atoms with Crippen molar-refractivity contribution in [2.24, 2.45) is 0 Å². The summed E-state index contributed by atoms with van der Waals surface area (Å²) in [4.78, 5) is 24.9. The largest absolute Gasteiger partial charge is 0.466 e. The zero-order chi connectivity index (χ0) is 15.1. The molecule has 6 nitrogen and oxygen atoms in total. The van der Waals surface area contributed by atoms with E-state index in [1.165, 1.54) is 0 Å². The minimum absolute atomic E-state index is 0.158. The van der Waals surface area contributed by atoms with Gasteiger partial charge in [-0.2, -0.15) is 0 Å². The third-order valence-corrected chi connectivity index (χ3v) is 2.69. The minimum atomic E-state index is -0.324. The smallest absolute Gasteiger partial charge is 0.307 e. The molecule has 0 spiro atoms. The predicted molar refractivity (Wildman–Crippen MR) is 78.8 cm³/mol. The lowest BCUT2D eigenvalue weighted by Gasteiger charge is -2.15. The molecule has 0 atom stereocenters. The quantitative estimate of drug-likeness (QED) is 0.600. The second-order valence-electron chi connectivity index (χ2n) is 4.48. The molecule has 0 aliphatic carbocycles. The van der Waals surface area contributed by atoms with E-state index >= 15 is 0 Å². The topological polar surface area (TPSA) is 84.7 Å². The summed E-state index contributed by atoms with van der Waals surface area (Å²) >= 11 is 0. The van der Waals surface area contributed by atoms with Crippen molar-refractivity contribution in [1.29, 1.82) is 0 Å². The summed E-state index contributed by atoms with van der Waals surface area (Å²) in [6.45, 7) is 2.33. The number of nitrogens with zero attached hydrogens (tertiary/aromatic N) is 1. The molecule has 1 aromatic carbocycles. The second-order valence-corrected chi connectivity index (χ2v) is 4.48. The van der Waals surface area contributed by atoms with Crippen LogP contribution in [-0.2, 0) is 9.53 Å². The summed E-state index contributed by atoms with van der Waals surface area (Å²) < 4.78 is 4.77. The number of carbonyl (C=O) groups excluding carboxylic acids is 2. The van der Waals surface area contributed by atoms with Gasteiger partial charge in [0.25, 0.3) is 5.91 Å². The van der Waals surface area contributed by atoms with Crippen LogP contribution in [0.1, 0.15) is 23.7 Å². The average Bonchev–Trinajstić information content (AvgIpc) is 2.38. The maximum Gasteiger partial charge on any atom is 0.307 e. The molecule has 0 bridgehead atoms. The highest BCUT2D eigenvalue weighted by Gasteiger charge is 2.09. The zero-order valence-electron chi connectivity index (χ0n) is 12.1. The van der Waals surface area contributed by atoms with E-state index < -0.39 is 0 Å². The zero-order valence-corrected chi connectivity index (χ0v) is 12.1. The van der Waals surface area contributed by atoms with Gasteiger partial charge in [0.05, 0.1) is 24.4 Å². The number of nitrogens with one attached hydrogen (secondary N) is 1. The Hall–Kier alpha value is -2.24. The molecule has 1 amide bonds. The van der Waals surface area contributed by atoms with Gasteiger partial charge in [0.2, 0.25) is 0 Å². The molecule has 0 saturated heterocycles. The Morgan fingerprint density at radius 2 is 2.05 bits per heavy atom. The maximum atomic E-state index is 11.9. The number of benzene rings is 1. The molecule has 0 unspecified atom stereocenters. The lowest BCUT2D eigenvalue weighted by atomic mass is 10.1. The van der Waals surface area contributed by atoms with E-state index in [1.54, 1.807) is 25.1 Å². The number of esters is 1. The number of hydrogen-bond donors (Lipinski definition) is 2. The van der Waals surface area contributed by atoms with Crippen molar-refractivity contribution in [2.75, 3.05) is 37.9 Å². The Morgan fingerprint density at radius 1 is 1.35 bits per heavy atom. The van der Waals surface area contributed by atoms with Crippen LogP contribution in [0.15, 0.2) is 18.2 Å². The van der Waals surface area contributed by atoms with Crippen molar-refractivity contribution in [3.8, 4) is 0 Å². The number of rotatable bonds is 6. The van der Waals surface area contributed by atoms with E-state index in [2.05, 4.69) is 5.32 Å². The molecule has 0 saturated carbocycles. The highest BCUT2D eigenvalue weighted by atomic mass is 16.5. The van der Waals surface area contributed by atoms with E-state index in [0.717, 1.165) is 5.69 Å². The predicted octanol–water partition coefficient (Wildman–Crippen LogP) is 1.02. The third-order valence-electron chi connectivity index (χ3n) is 2.69. The first-order chi connectivity index (χ1) is 9.45. The molecule has 6 heteroatoms. The Kier molecular flexibility index (Phi) is 5.83. The molecular weight excluding hydrogens is 258 g/mol. The van der Waals surface area contributed by atoms with Gasteiger partial charge in [-0.3, -0.25) is 9.59 Å². The monoisotopic (exact) mass is 279 g/mol. The number of nitrogens with two attached hydrogens (primary N) is 1. The van der Waals surface area contributed by atoms with Crippen molar-refractivity contribution in [3.63, 3.8) is 0 Å². The van der Waals surface area contributed by atoms with Gasteiger partial charge >= 0.3 is 5.97 Å². The molecule has 1 rings (SSSR count). The van der Waals surface area contributed by atoms with Crippen LogP contribution in [0.25, 0.3) is 0 Å². The molecule has 3 N–H and O–H groups in total. The van der Waals surface area contributed by atoms with Crippen molar-refractivity contribution in [2.45, 2.75) is 13.3 Å². The molecule has 20 heavy (non-hydrogen) atoms. The Morgan fingerprint density at radius 3 is 2.60 bits per heavy atom. The van der Waals surface area contributed by atoms with Crippen LogP contribution >= 0.6 is 0 Å². The van der Waals surface area contributed by atoms with Gasteiger partial charge in [-0.25, -0.2) is 0 Å². The van der Waals surface area contributed by atoms with Crippen molar-refractivity contribution < 1.29 is 14.3 Å². The molecule has 1 aromatic rings. The van der Waals surface area contributed by atoms with Gasteiger partial charge in [-0.05, 0) is 25.1 Å². The molecule has 0 fully saturated rings. The van der Waals surface area contributed by atoms with Crippen molar-refractivity contribution >= 4 is 23.3 Å². The summed E-state index contributed by atoms with van der Waals surface area (Å²) in [5.41, 5.74) is 7.74. The van der Waals surface area contributed by atoms with Crippen LogP contribution in [-0.4, -0.2) is 39.1 Å². The van der Waals surface area contributed by atoms with Crippen LogP contribution in [0.5, 0.6) is 0 Å². The number of carbonyl (C=O) groups is 2. The lowest BCUT2D eigenvalue weighted by Crippen LogP contribution is -2.26. The van der Waals surface area contributed by atoms with Gasteiger partial charge in [-0.15, -0.1) is 0 Å². The highest BCUT2D eigenvalue weighted by Crippen LogP contribution is 2.22. The molecule has 0 heterocycles. The summed E-state index contributed by atoms with van der Waals surface area (Å²) in [6, 6.07) is 5.11. The molecule has 0 aliphatic heterocycles. The van der Waals surface area contributed by atoms with Gasteiger partial charge in [0.15, 0.2) is 0 Å². The summed E-state index contributed by atoms with van der Waals surface area (Å²) in [5, 5.41) is 2.66. The fourth-order valence-electron chi connectivity index (χ4n) is 1.72. The highest BCUT2D eigenvalue weighted by molar-refractivity contribution is 5.96. The fourth-order valence-corrected chi connectivity index (χ4v) is 1.72. The summed E-state index contributed by atoms with van der Waals surface area (Å²) in [7, 11) is 3.76. The van der Waals surface area contributed by atoms with Gasteiger partial charge < -0.3 is 20.7 Å². The summed E-state index contributed by atoms with van der Waals surface area (Å²) in [6.07, 6.45) is 0.158. The third kappa shape index (κ3) is 4.46.